The van der Waals surface area contributed by atoms with Crippen LogP contribution in [0.4, 0.5) is 0 Å². The van der Waals surface area contributed by atoms with Crippen LogP contribution in [0.1, 0.15) is 23.6 Å². The molecule has 0 saturated carbocycles. The predicted octanol–water partition coefficient (Wildman–Crippen LogP) is 2.73. The molecule has 2 rings (SSSR count). The Bertz CT molecular complexity index is 273. The monoisotopic (exact) mass is 146 g/mol. The average Bonchev–Trinajstić information content (AvgIpc) is 2.31. The second kappa shape index (κ2) is 2.37. The lowest BCUT2D eigenvalue weighted by Gasteiger charge is -2.00. The van der Waals surface area contributed by atoms with Gasteiger partial charge < -0.3 is 0 Å². The fourth-order valence-electron chi connectivity index (χ4n) is 2.04. The van der Waals surface area contributed by atoms with Crippen molar-refractivity contribution in [3.8, 4) is 0 Å². The van der Waals surface area contributed by atoms with Crippen molar-refractivity contribution in [2.45, 2.75) is 26.7 Å². The smallest absolute Gasteiger partial charge is 0.0244 e. The third-order valence-electron chi connectivity index (χ3n) is 2.63. The van der Waals surface area contributed by atoms with Crippen molar-refractivity contribution in [2.75, 3.05) is 0 Å². The van der Waals surface area contributed by atoms with Crippen molar-refractivity contribution >= 4 is 0 Å². The normalized spacial score (nSPS) is 21.8. The van der Waals surface area contributed by atoms with Crippen molar-refractivity contribution in [1.82, 2.24) is 0 Å². The van der Waals surface area contributed by atoms with E-state index < -0.39 is 0 Å². The quantitative estimate of drug-likeness (QED) is 0.528. The summed E-state index contributed by atoms with van der Waals surface area (Å²) in [6.45, 7) is 4.55. The third kappa shape index (κ3) is 1.07. The molecule has 0 spiro atoms. The maximum atomic E-state index is 2.33. The Morgan fingerprint density at radius 3 is 2.82 bits per heavy atom. The van der Waals surface area contributed by atoms with Crippen molar-refractivity contribution in [1.29, 1.82) is 0 Å². The first-order valence-electron chi connectivity index (χ1n) is 4.34. The Morgan fingerprint density at radius 1 is 1.27 bits per heavy atom. The lowest BCUT2D eigenvalue weighted by molar-refractivity contribution is 0.627. The summed E-state index contributed by atoms with van der Waals surface area (Å²) in [4.78, 5) is 0. The maximum Gasteiger partial charge on any atom is -0.0244 e. The minimum Gasteiger partial charge on any atom is -0.0619 e. The van der Waals surface area contributed by atoms with E-state index in [0.717, 1.165) is 5.92 Å². The molecule has 1 aromatic rings. The molecule has 0 fully saturated rings. The second-order valence-corrected chi connectivity index (χ2v) is 3.73. The van der Waals surface area contributed by atoms with Crippen LogP contribution >= 0.6 is 0 Å². The van der Waals surface area contributed by atoms with Gasteiger partial charge in [-0.1, -0.05) is 25.1 Å². The van der Waals surface area contributed by atoms with Gasteiger partial charge in [0.1, 0.15) is 0 Å². The van der Waals surface area contributed by atoms with Crippen LogP contribution in [0.15, 0.2) is 18.2 Å². The molecule has 0 amide bonds. The van der Waals surface area contributed by atoms with Gasteiger partial charge in [0.25, 0.3) is 0 Å². The van der Waals surface area contributed by atoms with Gasteiger partial charge in [-0.05, 0) is 42.4 Å². The number of hydrogen-bond acceptors (Lipinski definition) is 0. The van der Waals surface area contributed by atoms with Gasteiger partial charge in [0, 0.05) is 0 Å². The summed E-state index contributed by atoms with van der Waals surface area (Å²) in [5.41, 5.74) is 4.67. The summed E-state index contributed by atoms with van der Waals surface area (Å²) in [5.74, 6) is 0.867. The molecule has 1 aromatic carbocycles. The topological polar surface area (TPSA) is 0 Å². The minimum absolute atomic E-state index is 0.867. The lowest BCUT2D eigenvalue weighted by atomic mass is 10.1. The molecule has 1 unspecified atom stereocenters. The van der Waals surface area contributed by atoms with Gasteiger partial charge in [0.2, 0.25) is 0 Å². The molecule has 11 heavy (non-hydrogen) atoms. The Balaban J connectivity index is 2.49. The Morgan fingerprint density at radius 2 is 2.09 bits per heavy atom. The fourth-order valence-corrected chi connectivity index (χ4v) is 2.04. The first kappa shape index (κ1) is 6.90. The third-order valence-corrected chi connectivity index (χ3v) is 2.63. The van der Waals surface area contributed by atoms with E-state index in [1.54, 1.807) is 11.1 Å². The van der Waals surface area contributed by atoms with E-state index >= 15 is 0 Å². The number of fused-ring (bicyclic) bond motifs is 1. The van der Waals surface area contributed by atoms with E-state index in [-0.39, 0.29) is 0 Å². The summed E-state index contributed by atoms with van der Waals surface area (Å²) in [7, 11) is 0. The van der Waals surface area contributed by atoms with Crippen LogP contribution in [0.5, 0.6) is 0 Å². The first-order valence-corrected chi connectivity index (χ1v) is 4.34. The van der Waals surface area contributed by atoms with Gasteiger partial charge in [-0.2, -0.15) is 0 Å². The average molecular weight is 146 g/mol. The zero-order chi connectivity index (χ0) is 7.84. The summed E-state index contributed by atoms with van der Waals surface area (Å²) < 4.78 is 0. The summed E-state index contributed by atoms with van der Waals surface area (Å²) >= 11 is 0. The fraction of sp³-hybridized carbons (Fsp3) is 0.455. The van der Waals surface area contributed by atoms with Crippen LogP contribution in [0, 0.1) is 12.8 Å². The molecule has 58 valence electrons. The summed E-state index contributed by atoms with van der Waals surface area (Å²) in [5, 5.41) is 0. The van der Waals surface area contributed by atoms with E-state index in [9.17, 15) is 0 Å². The van der Waals surface area contributed by atoms with Crippen molar-refractivity contribution in [3.63, 3.8) is 0 Å². The van der Waals surface area contributed by atoms with Crippen molar-refractivity contribution in [3.05, 3.63) is 34.9 Å². The predicted molar refractivity (Wildman–Crippen MR) is 47.8 cm³/mol. The molecule has 1 aliphatic rings. The molecule has 1 aliphatic carbocycles. The Hall–Kier alpha value is -0.780. The highest BCUT2D eigenvalue weighted by molar-refractivity contribution is 5.38. The van der Waals surface area contributed by atoms with Crippen LogP contribution in [0.25, 0.3) is 0 Å². The highest BCUT2D eigenvalue weighted by Crippen LogP contribution is 2.28. The van der Waals surface area contributed by atoms with Gasteiger partial charge in [-0.15, -0.1) is 0 Å². The summed E-state index contributed by atoms with van der Waals surface area (Å²) in [6.07, 6.45) is 2.58. The Labute approximate surface area is 68.3 Å². The zero-order valence-corrected chi connectivity index (χ0v) is 7.22. The van der Waals surface area contributed by atoms with E-state index in [0.29, 0.717) is 0 Å². The standard InChI is InChI=1S/C11H14/c1-8-6-10-5-3-4-9(2)11(10)7-8/h3-5,8H,6-7H2,1-2H3. The number of rotatable bonds is 0. The number of hydrogen-bond donors (Lipinski definition) is 0. The molecule has 0 N–H and O–H groups in total. The molecule has 1 atom stereocenters. The van der Waals surface area contributed by atoms with Gasteiger partial charge in [-0.25, -0.2) is 0 Å². The van der Waals surface area contributed by atoms with Gasteiger partial charge in [0.15, 0.2) is 0 Å². The van der Waals surface area contributed by atoms with Crippen molar-refractivity contribution in [2.24, 2.45) is 5.92 Å². The van der Waals surface area contributed by atoms with Gasteiger partial charge >= 0.3 is 0 Å². The van der Waals surface area contributed by atoms with Crippen LogP contribution in [-0.4, -0.2) is 0 Å². The molecule has 0 heteroatoms. The molecular weight excluding hydrogens is 132 g/mol. The molecule has 0 radical (unpaired) electrons. The highest BCUT2D eigenvalue weighted by atomic mass is 14.2. The Kier molecular flexibility index (Phi) is 1.49. The lowest BCUT2D eigenvalue weighted by Crippen LogP contribution is -1.90. The second-order valence-electron chi connectivity index (χ2n) is 3.73. The molecule has 0 saturated heterocycles. The van der Waals surface area contributed by atoms with E-state index in [1.165, 1.54) is 18.4 Å². The number of benzene rings is 1. The van der Waals surface area contributed by atoms with Gasteiger partial charge in [0.05, 0.1) is 0 Å². The molecule has 0 heterocycles. The molecule has 0 aliphatic heterocycles. The van der Waals surface area contributed by atoms with Crippen LogP contribution in [-0.2, 0) is 12.8 Å². The molecule has 0 nitrogen and oxygen atoms in total. The molecular formula is C11H14. The van der Waals surface area contributed by atoms with E-state index in [2.05, 4.69) is 32.0 Å². The van der Waals surface area contributed by atoms with E-state index in [4.69, 9.17) is 0 Å². The van der Waals surface area contributed by atoms with Crippen LogP contribution in [0.2, 0.25) is 0 Å². The largest absolute Gasteiger partial charge is 0.0619 e. The SMILES string of the molecule is Cc1cccc2c1CC(C)C2. The first-order chi connectivity index (χ1) is 5.27. The highest BCUT2D eigenvalue weighted by Gasteiger charge is 2.17. The minimum atomic E-state index is 0.867. The number of aryl methyl sites for hydroxylation is 1. The zero-order valence-electron chi connectivity index (χ0n) is 7.22. The maximum absolute atomic E-state index is 2.33. The van der Waals surface area contributed by atoms with E-state index in [1.807, 2.05) is 0 Å². The van der Waals surface area contributed by atoms with Crippen molar-refractivity contribution < 1.29 is 0 Å². The van der Waals surface area contributed by atoms with Crippen LogP contribution in [0.3, 0.4) is 0 Å². The van der Waals surface area contributed by atoms with Crippen LogP contribution < -0.4 is 0 Å². The summed E-state index contributed by atoms with van der Waals surface area (Å²) in [6, 6.07) is 6.66. The van der Waals surface area contributed by atoms with Gasteiger partial charge in [-0.3, -0.25) is 0 Å². The molecule has 0 aromatic heterocycles. The molecule has 0 bridgehead atoms.